The van der Waals surface area contributed by atoms with Gasteiger partial charge in [0.25, 0.3) is 5.91 Å². The first kappa shape index (κ1) is 15.4. The molecule has 0 unspecified atom stereocenters. The highest BCUT2D eigenvalue weighted by atomic mass is 35.5. The molecule has 3 nitrogen and oxygen atoms in total. The number of anilines is 1. The third-order valence-corrected chi connectivity index (χ3v) is 3.14. The standard InChI is InChI=1S/C17H18ClNO2/c1-11(2)21-15-6-4-5-13(10-15)17(20)19-16-8-7-14(18)9-12(16)3/h4-11H,1-3H3,(H,19,20). The first-order chi connectivity index (χ1) is 9.95. The van der Waals surface area contributed by atoms with Gasteiger partial charge >= 0.3 is 0 Å². The third kappa shape index (κ3) is 4.23. The van der Waals surface area contributed by atoms with Crippen LogP contribution in [-0.2, 0) is 0 Å². The summed E-state index contributed by atoms with van der Waals surface area (Å²) in [6.45, 7) is 5.80. The summed E-state index contributed by atoms with van der Waals surface area (Å²) in [6.07, 6.45) is 0.0711. The molecule has 0 heterocycles. The summed E-state index contributed by atoms with van der Waals surface area (Å²) in [4.78, 5) is 12.3. The van der Waals surface area contributed by atoms with Gasteiger partial charge < -0.3 is 10.1 Å². The van der Waals surface area contributed by atoms with Crippen molar-refractivity contribution in [3.63, 3.8) is 0 Å². The van der Waals surface area contributed by atoms with Gasteiger partial charge in [0.15, 0.2) is 0 Å². The first-order valence-corrected chi connectivity index (χ1v) is 7.17. The van der Waals surface area contributed by atoms with Gasteiger partial charge in [0.05, 0.1) is 6.10 Å². The second-order valence-corrected chi connectivity index (χ2v) is 5.54. The van der Waals surface area contributed by atoms with Crippen molar-refractivity contribution in [3.05, 3.63) is 58.6 Å². The Kier molecular flexibility index (Phi) is 4.86. The molecule has 4 heteroatoms. The van der Waals surface area contributed by atoms with Gasteiger partial charge in [-0.1, -0.05) is 17.7 Å². The molecule has 0 saturated heterocycles. The quantitative estimate of drug-likeness (QED) is 0.890. The average Bonchev–Trinajstić information content (AvgIpc) is 2.41. The van der Waals surface area contributed by atoms with Gasteiger partial charge in [-0.15, -0.1) is 0 Å². The number of nitrogens with one attached hydrogen (secondary N) is 1. The van der Waals surface area contributed by atoms with Crippen molar-refractivity contribution in [2.75, 3.05) is 5.32 Å². The van der Waals surface area contributed by atoms with Gasteiger partial charge in [-0.05, 0) is 62.7 Å². The first-order valence-electron chi connectivity index (χ1n) is 6.80. The fourth-order valence-corrected chi connectivity index (χ4v) is 2.17. The topological polar surface area (TPSA) is 38.3 Å². The van der Waals surface area contributed by atoms with Crippen molar-refractivity contribution in [1.82, 2.24) is 0 Å². The number of hydrogen-bond donors (Lipinski definition) is 1. The molecule has 0 aliphatic rings. The molecule has 0 atom stereocenters. The number of halogens is 1. The molecule has 0 aliphatic heterocycles. The van der Waals surface area contributed by atoms with Crippen LogP contribution < -0.4 is 10.1 Å². The van der Waals surface area contributed by atoms with Crippen LogP contribution in [0.25, 0.3) is 0 Å². The van der Waals surface area contributed by atoms with Crippen LogP contribution >= 0.6 is 11.6 Å². The molecule has 110 valence electrons. The van der Waals surface area contributed by atoms with E-state index in [1.54, 1.807) is 30.3 Å². The number of ether oxygens (including phenoxy) is 1. The lowest BCUT2D eigenvalue weighted by molar-refractivity contribution is 0.102. The molecule has 1 N–H and O–H groups in total. The summed E-state index contributed by atoms with van der Waals surface area (Å²) >= 11 is 5.91. The van der Waals surface area contributed by atoms with Crippen LogP contribution in [0.3, 0.4) is 0 Å². The molecule has 0 bridgehead atoms. The number of hydrogen-bond acceptors (Lipinski definition) is 2. The van der Waals surface area contributed by atoms with Crippen LogP contribution in [0.5, 0.6) is 5.75 Å². The van der Waals surface area contributed by atoms with Crippen molar-refractivity contribution >= 4 is 23.2 Å². The Morgan fingerprint density at radius 3 is 2.62 bits per heavy atom. The van der Waals surface area contributed by atoms with E-state index in [0.29, 0.717) is 16.3 Å². The number of amides is 1. The van der Waals surface area contributed by atoms with Crippen LogP contribution in [0, 0.1) is 6.92 Å². The minimum atomic E-state index is -0.172. The normalized spacial score (nSPS) is 10.5. The molecule has 1 amide bonds. The zero-order valence-electron chi connectivity index (χ0n) is 12.3. The van der Waals surface area contributed by atoms with Crippen LogP contribution in [0.15, 0.2) is 42.5 Å². The number of carbonyl (C=O) groups excluding carboxylic acids is 1. The average molecular weight is 304 g/mol. The molecule has 0 fully saturated rings. The Morgan fingerprint density at radius 1 is 1.19 bits per heavy atom. The largest absolute Gasteiger partial charge is 0.491 e. The number of benzene rings is 2. The van der Waals surface area contributed by atoms with E-state index in [1.807, 2.05) is 32.9 Å². The fourth-order valence-electron chi connectivity index (χ4n) is 1.94. The monoisotopic (exact) mass is 303 g/mol. The minimum Gasteiger partial charge on any atom is -0.491 e. The molecular weight excluding hydrogens is 286 g/mol. The predicted molar refractivity (Wildman–Crippen MR) is 86.3 cm³/mol. The van der Waals surface area contributed by atoms with Crippen LogP contribution in [0.4, 0.5) is 5.69 Å². The van der Waals surface area contributed by atoms with Gasteiger partial charge in [-0.25, -0.2) is 0 Å². The van der Waals surface area contributed by atoms with Gasteiger partial charge in [-0.2, -0.15) is 0 Å². The Hall–Kier alpha value is -2.00. The zero-order valence-corrected chi connectivity index (χ0v) is 13.1. The van der Waals surface area contributed by atoms with E-state index < -0.39 is 0 Å². The second-order valence-electron chi connectivity index (χ2n) is 5.11. The lowest BCUT2D eigenvalue weighted by Gasteiger charge is -2.12. The summed E-state index contributed by atoms with van der Waals surface area (Å²) in [7, 11) is 0. The van der Waals surface area contributed by atoms with E-state index in [9.17, 15) is 4.79 Å². The number of aryl methyl sites for hydroxylation is 1. The molecule has 0 aliphatic carbocycles. The van der Waals surface area contributed by atoms with Crippen molar-refractivity contribution in [2.45, 2.75) is 26.9 Å². The Bertz CT molecular complexity index is 653. The van der Waals surface area contributed by atoms with E-state index in [2.05, 4.69) is 5.32 Å². The molecule has 21 heavy (non-hydrogen) atoms. The van der Waals surface area contributed by atoms with Gasteiger partial charge in [-0.3, -0.25) is 4.79 Å². The highest BCUT2D eigenvalue weighted by Gasteiger charge is 2.09. The van der Waals surface area contributed by atoms with Crippen LogP contribution in [0.1, 0.15) is 29.8 Å². The Balaban J connectivity index is 2.16. The molecule has 2 aromatic rings. The molecular formula is C17H18ClNO2. The van der Waals surface area contributed by atoms with E-state index in [0.717, 1.165) is 11.3 Å². The van der Waals surface area contributed by atoms with E-state index in [4.69, 9.17) is 16.3 Å². The molecule has 2 rings (SSSR count). The summed E-state index contributed by atoms with van der Waals surface area (Å²) in [5.74, 6) is 0.514. The van der Waals surface area contributed by atoms with E-state index in [-0.39, 0.29) is 12.0 Å². The Labute approximate surface area is 129 Å². The lowest BCUT2D eigenvalue weighted by atomic mass is 10.1. The molecule has 0 radical (unpaired) electrons. The lowest BCUT2D eigenvalue weighted by Crippen LogP contribution is -2.13. The van der Waals surface area contributed by atoms with Crippen molar-refractivity contribution < 1.29 is 9.53 Å². The number of rotatable bonds is 4. The highest BCUT2D eigenvalue weighted by molar-refractivity contribution is 6.30. The molecule has 0 aromatic heterocycles. The van der Waals surface area contributed by atoms with Gasteiger partial charge in [0.2, 0.25) is 0 Å². The summed E-state index contributed by atoms with van der Waals surface area (Å²) in [5.41, 5.74) is 2.23. The molecule has 0 saturated carbocycles. The maximum atomic E-state index is 12.3. The molecule has 0 spiro atoms. The maximum Gasteiger partial charge on any atom is 0.255 e. The van der Waals surface area contributed by atoms with E-state index in [1.165, 1.54) is 0 Å². The SMILES string of the molecule is Cc1cc(Cl)ccc1NC(=O)c1cccc(OC(C)C)c1. The van der Waals surface area contributed by atoms with Crippen molar-refractivity contribution in [3.8, 4) is 5.75 Å². The predicted octanol–water partition coefficient (Wildman–Crippen LogP) is 4.69. The zero-order chi connectivity index (χ0) is 15.4. The number of carbonyl (C=O) groups is 1. The Morgan fingerprint density at radius 2 is 1.95 bits per heavy atom. The van der Waals surface area contributed by atoms with Gasteiger partial charge in [0.1, 0.15) is 5.75 Å². The fraction of sp³-hybridized carbons (Fsp3) is 0.235. The third-order valence-electron chi connectivity index (χ3n) is 2.90. The van der Waals surface area contributed by atoms with Crippen molar-refractivity contribution in [2.24, 2.45) is 0 Å². The van der Waals surface area contributed by atoms with Crippen LogP contribution in [-0.4, -0.2) is 12.0 Å². The second kappa shape index (κ2) is 6.64. The highest BCUT2D eigenvalue weighted by Crippen LogP contribution is 2.21. The minimum absolute atomic E-state index is 0.0711. The van der Waals surface area contributed by atoms with Gasteiger partial charge in [0, 0.05) is 16.3 Å². The summed E-state index contributed by atoms with van der Waals surface area (Å²) in [5, 5.41) is 3.53. The van der Waals surface area contributed by atoms with E-state index >= 15 is 0 Å². The van der Waals surface area contributed by atoms with Crippen LogP contribution in [0.2, 0.25) is 5.02 Å². The summed E-state index contributed by atoms with van der Waals surface area (Å²) in [6, 6.07) is 12.5. The molecule has 2 aromatic carbocycles. The maximum absolute atomic E-state index is 12.3. The smallest absolute Gasteiger partial charge is 0.255 e. The van der Waals surface area contributed by atoms with Crippen molar-refractivity contribution in [1.29, 1.82) is 0 Å². The summed E-state index contributed by atoms with van der Waals surface area (Å²) < 4.78 is 5.60.